The van der Waals surface area contributed by atoms with Crippen LogP contribution in [0.3, 0.4) is 0 Å². The van der Waals surface area contributed by atoms with Crippen LogP contribution in [-0.4, -0.2) is 30.7 Å². The van der Waals surface area contributed by atoms with Gasteiger partial charge in [0.15, 0.2) is 5.82 Å². The van der Waals surface area contributed by atoms with Gasteiger partial charge in [0.25, 0.3) is 0 Å². The fourth-order valence-corrected chi connectivity index (χ4v) is 3.23. The van der Waals surface area contributed by atoms with Crippen LogP contribution in [0.2, 0.25) is 0 Å². The molecule has 0 fully saturated rings. The summed E-state index contributed by atoms with van der Waals surface area (Å²) in [4.78, 5) is 9.09. The number of hydrogen-bond donors (Lipinski definition) is 1. The van der Waals surface area contributed by atoms with Crippen LogP contribution in [0.15, 0.2) is 53.1 Å². The predicted molar refractivity (Wildman–Crippen MR) is 98.7 cm³/mol. The highest BCUT2D eigenvalue weighted by molar-refractivity contribution is 7.09. The molecule has 4 rings (SSSR count). The average Bonchev–Trinajstić information content (AvgIpc) is 3.26. The van der Waals surface area contributed by atoms with E-state index in [1.54, 1.807) is 18.3 Å². The molecule has 0 saturated carbocycles. The summed E-state index contributed by atoms with van der Waals surface area (Å²) in [6.07, 6.45) is 1.83. The molecule has 0 spiro atoms. The number of oxime groups is 1. The number of nitrogens with zero attached hydrogens (tertiary/aromatic N) is 5. The molecule has 0 saturated heterocycles. The molecule has 124 valence electrons. The van der Waals surface area contributed by atoms with E-state index in [1.165, 1.54) is 0 Å². The number of fused-ring (bicyclic) bond motifs is 1. The van der Waals surface area contributed by atoms with Crippen LogP contribution in [-0.2, 0) is 0 Å². The van der Waals surface area contributed by atoms with E-state index in [1.807, 2.05) is 53.5 Å². The van der Waals surface area contributed by atoms with Gasteiger partial charge in [-0.2, -0.15) is 5.10 Å². The van der Waals surface area contributed by atoms with Gasteiger partial charge in [-0.3, -0.25) is 0 Å². The van der Waals surface area contributed by atoms with E-state index in [0.29, 0.717) is 11.4 Å². The van der Waals surface area contributed by atoms with E-state index in [4.69, 9.17) is 5.21 Å². The van der Waals surface area contributed by atoms with Crippen LogP contribution in [0.5, 0.6) is 0 Å². The van der Waals surface area contributed by atoms with Gasteiger partial charge in [-0.05, 0) is 32.0 Å². The Morgan fingerprint density at radius 2 is 2.08 bits per heavy atom. The molecule has 0 unspecified atom stereocenters. The third-order valence-electron chi connectivity index (χ3n) is 3.96. The lowest BCUT2D eigenvalue weighted by Crippen LogP contribution is -1.99. The van der Waals surface area contributed by atoms with Crippen molar-refractivity contribution in [2.75, 3.05) is 0 Å². The SMILES string of the molecule is C/C(=N\O)c1cccc(-c2ccc3cnn(-c4csc(C)n4)c3c2)n1. The molecule has 3 heterocycles. The second kappa shape index (κ2) is 6.10. The third kappa shape index (κ3) is 2.78. The molecule has 6 nitrogen and oxygen atoms in total. The second-order valence-corrected chi connectivity index (χ2v) is 6.71. The van der Waals surface area contributed by atoms with E-state index in [9.17, 15) is 0 Å². The fraction of sp³-hybridized carbons (Fsp3) is 0.111. The largest absolute Gasteiger partial charge is 0.411 e. The monoisotopic (exact) mass is 349 g/mol. The van der Waals surface area contributed by atoms with Gasteiger partial charge in [0.1, 0.15) is 5.71 Å². The maximum Gasteiger partial charge on any atom is 0.165 e. The minimum Gasteiger partial charge on any atom is -0.411 e. The summed E-state index contributed by atoms with van der Waals surface area (Å²) in [7, 11) is 0. The molecule has 3 aromatic heterocycles. The molecule has 25 heavy (non-hydrogen) atoms. The van der Waals surface area contributed by atoms with Gasteiger partial charge in [-0.15, -0.1) is 11.3 Å². The van der Waals surface area contributed by atoms with Crippen LogP contribution in [0, 0.1) is 6.92 Å². The van der Waals surface area contributed by atoms with Crippen molar-refractivity contribution in [3.63, 3.8) is 0 Å². The van der Waals surface area contributed by atoms with Gasteiger partial charge in [-0.1, -0.05) is 23.4 Å². The number of benzene rings is 1. The standard InChI is InChI=1S/C18H15N5OS/c1-11(22-24)15-4-3-5-16(21-15)13-6-7-14-9-19-23(17(14)8-13)18-10-25-12(2)20-18/h3-10,24H,1-2H3/b22-11+. The zero-order valence-corrected chi connectivity index (χ0v) is 14.5. The Morgan fingerprint density at radius 3 is 2.84 bits per heavy atom. The average molecular weight is 349 g/mol. The summed E-state index contributed by atoms with van der Waals surface area (Å²) >= 11 is 1.60. The van der Waals surface area contributed by atoms with E-state index in [-0.39, 0.29) is 0 Å². The first-order valence-corrected chi connectivity index (χ1v) is 8.60. The Hall–Kier alpha value is -3.06. The molecule has 1 N–H and O–H groups in total. The first-order valence-electron chi connectivity index (χ1n) is 7.72. The van der Waals surface area contributed by atoms with E-state index < -0.39 is 0 Å². The molecule has 0 aliphatic heterocycles. The summed E-state index contributed by atoms with van der Waals surface area (Å²) < 4.78 is 1.84. The molecule has 0 aliphatic rings. The summed E-state index contributed by atoms with van der Waals surface area (Å²) in [6, 6.07) is 11.7. The Labute approximate surface area is 148 Å². The summed E-state index contributed by atoms with van der Waals surface area (Å²) in [6.45, 7) is 3.70. The molecule has 0 atom stereocenters. The molecule has 7 heteroatoms. The van der Waals surface area contributed by atoms with Crippen LogP contribution >= 0.6 is 11.3 Å². The highest BCUT2D eigenvalue weighted by Gasteiger charge is 2.10. The van der Waals surface area contributed by atoms with Gasteiger partial charge in [0, 0.05) is 16.3 Å². The second-order valence-electron chi connectivity index (χ2n) is 5.65. The van der Waals surface area contributed by atoms with Gasteiger partial charge < -0.3 is 5.21 Å². The fourth-order valence-electron chi connectivity index (χ4n) is 2.66. The number of aromatic nitrogens is 4. The lowest BCUT2D eigenvalue weighted by Gasteiger charge is -2.05. The molecule has 0 aliphatic carbocycles. The lowest BCUT2D eigenvalue weighted by atomic mass is 10.1. The molecule has 0 radical (unpaired) electrons. The van der Waals surface area contributed by atoms with Crippen LogP contribution in [0.1, 0.15) is 17.6 Å². The van der Waals surface area contributed by atoms with Crippen molar-refractivity contribution in [1.82, 2.24) is 19.7 Å². The number of aryl methyl sites for hydroxylation is 1. The maximum atomic E-state index is 8.96. The maximum absolute atomic E-state index is 8.96. The van der Waals surface area contributed by atoms with Crippen LogP contribution in [0.4, 0.5) is 0 Å². The topological polar surface area (TPSA) is 76.2 Å². The number of pyridine rings is 1. The Balaban J connectivity index is 1.84. The van der Waals surface area contributed by atoms with E-state index in [0.717, 1.165) is 33.0 Å². The molecular weight excluding hydrogens is 334 g/mol. The van der Waals surface area contributed by atoms with E-state index >= 15 is 0 Å². The third-order valence-corrected chi connectivity index (χ3v) is 4.72. The first kappa shape index (κ1) is 15.5. The highest BCUT2D eigenvalue weighted by Crippen LogP contribution is 2.25. The van der Waals surface area contributed by atoms with Crippen molar-refractivity contribution in [3.05, 3.63) is 58.7 Å². The smallest absolute Gasteiger partial charge is 0.165 e. The lowest BCUT2D eigenvalue weighted by molar-refractivity contribution is 0.319. The Kier molecular flexibility index (Phi) is 3.77. The molecule has 4 aromatic rings. The van der Waals surface area contributed by atoms with Gasteiger partial charge in [0.2, 0.25) is 0 Å². The van der Waals surface area contributed by atoms with Crippen LogP contribution in [0.25, 0.3) is 28.0 Å². The van der Waals surface area contributed by atoms with Crippen molar-refractivity contribution in [1.29, 1.82) is 0 Å². The normalized spacial score (nSPS) is 12.0. The quantitative estimate of drug-likeness (QED) is 0.344. The first-order chi connectivity index (χ1) is 12.2. The Morgan fingerprint density at radius 1 is 1.20 bits per heavy atom. The molecule has 0 amide bonds. The van der Waals surface area contributed by atoms with Gasteiger partial charge in [0.05, 0.1) is 28.1 Å². The molecular formula is C18H15N5OS. The molecule has 1 aromatic carbocycles. The zero-order chi connectivity index (χ0) is 17.4. The summed E-state index contributed by atoms with van der Waals surface area (Å²) in [5, 5.41) is 20.7. The van der Waals surface area contributed by atoms with Crippen molar-refractivity contribution in [3.8, 4) is 17.1 Å². The van der Waals surface area contributed by atoms with Crippen molar-refractivity contribution in [2.24, 2.45) is 5.16 Å². The predicted octanol–water partition coefficient (Wildman–Crippen LogP) is 4.05. The number of thiazole rings is 1. The highest BCUT2D eigenvalue weighted by atomic mass is 32.1. The zero-order valence-electron chi connectivity index (χ0n) is 13.7. The molecule has 0 bridgehead atoms. The number of hydrogen-bond acceptors (Lipinski definition) is 6. The Bertz CT molecular complexity index is 1100. The summed E-state index contributed by atoms with van der Waals surface area (Å²) in [5.41, 5.74) is 3.87. The van der Waals surface area contributed by atoms with Gasteiger partial charge >= 0.3 is 0 Å². The van der Waals surface area contributed by atoms with Crippen molar-refractivity contribution >= 4 is 28.0 Å². The summed E-state index contributed by atoms with van der Waals surface area (Å²) in [5.74, 6) is 0.819. The van der Waals surface area contributed by atoms with Crippen molar-refractivity contribution in [2.45, 2.75) is 13.8 Å². The van der Waals surface area contributed by atoms with E-state index in [2.05, 4.69) is 26.3 Å². The van der Waals surface area contributed by atoms with Crippen molar-refractivity contribution < 1.29 is 5.21 Å². The number of rotatable bonds is 3. The minimum absolute atomic E-state index is 0.478. The minimum atomic E-state index is 0.478. The van der Waals surface area contributed by atoms with Gasteiger partial charge in [-0.25, -0.2) is 14.6 Å². The van der Waals surface area contributed by atoms with Crippen LogP contribution < -0.4 is 0 Å².